The van der Waals surface area contributed by atoms with Crippen LogP contribution < -0.4 is 5.32 Å². The van der Waals surface area contributed by atoms with Gasteiger partial charge in [0.2, 0.25) is 0 Å². The van der Waals surface area contributed by atoms with E-state index in [0.29, 0.717) is 5.15 Å². The molecule has 1 N–H and O–H groups in total. The molecule has 0 spiro atoms. The molecule has 1 heterocycles. The molecule has 0 amide bonds. The van der Waals surface area contributed by atoms with Gasteiger partial charge in [-0.3, -0.25) is 0 Å². The first-order valence-electron chi connectivity index (χ1n) is 6.01. The van der Waals surface area contributed by atoms with Gasteiger partial charge in [-0.05, 0) is 49.6 Å². The van der Waals surface area contributed by atoms with E-state index in [1.54, 1.807) is 6.20 Å². The molecule has 3 heteroatoms. The number of aryl methyl sites for hydroxylation is 2. The minimum absolute atomic E-state index is 0.239. The van der Waals surface area contributed by atoms with Gasteiger partial charge in [-0.1, -0.05) is 29.8 Å². The minimum atomic E-state index is 0.239. The van der Waals surface area contributed by atoms with Crippen LogP contribution in [0.2, 0.25) is 5.15 Å². The average molecular weight is 261 g/mol. The molecule has 1 atom stereocenters. The number of benzene rings is 1. The maximum atomic E-state index is 5.87. The summed E-state index contributed by atoms with van der Waals surface area (Å²) >= 11 is 5.87. The summed E-state index contributed by atoms with van der Waals surface area (Å²) in [6, 6.07) is 10.5. The van der Waals surface area contributed by atoms with Crippen molar-refractivity contribution >= 4 is 17.3 Å². The number of hydrogen-bond donors (Lipinski definition) is 1. The number of anilines is 1. The van der Waals surface area contributed by atoms with Crippen LogP contribution in [0.15, 0.2) is 36.5 Å². The molecule has 1 aromatic heterocycles. The largest absolute Gasteiger partial charge is 0.378 e. The quantitative estimate of drug-likeness (QED) is 0.821. The van der Waals surface area contributed by atoms with Gasteiger partial charge in [0.05, 0.1) is 0 Å². The highest BCUT2D eigenvalue weighted by molar-refractivity contribution is 6.29. The lowest BCUT2D eigenvalue weighted by molar-refractivity contribution is 0.881. The van der Waals surface area contributed by atoms with Gasteiger partial charge in [0.1, 0.15) is 5.15 Å². The summed E-state index contributed by atoms with van der Waals surface area (Å²) in [6.45, 7) is 6.40. The van der Waals surface area contributed by atoms with Gasteiger partial charge < -0.3 is 5.32 Å². The summed E-state index contributed by atoms with van der Waals surface area (Å²) in [4.78, 5) is 3.97. The zero-order chi connectivity index (χ0) is 13.1. The van der Waals surface area contributed by atoms with Gasteiger partial charge in [-0.15, -0.1) is 0 Å². The van der Waals surface area contributed by atoms with Gasteiger partial charge in [0.25, 0.3) is 0 Å². The highest BCUT2D eigenvalue weighted by Gasteiger charge is 2.06. The third-order valence-corrected chi connectivity index (χ3v) is 3.35. The Morgan fingerprint density at radius 1 is 1.11 bits per heavy atom. The maximum absolute atomic E-state index is 5.87. The molecule has 0 saturated heterocycles. The van der Waals surface area contributed by atoms with E-state index < -0.39 is 0 Å². The predicted molar refractivity (Wildman–Crippen MR) is 77.2 cm³/mol. The molecule has 0 fully saturated rings. The number of hydrogen-bond acceptors (Lipinski definition) is 2. The van der Waals surface area contributed by atoms with Gasteiger partial charge in [0, 0.05) is 17.9 Å². The summed E-state index contributed by atoms with van der Waals surface area (Å²) in [5.74, 6) is 0. The average Bonchev–Trinajstić information content (AvgIpc) is 2.32. The number of nitrogens with one attached hydrogen (secondary N) is 1. The van der Waals surface area contributed by atoms with Crippen LogP contribution in [0.25, 0.3) is 0 Å². The van der Waals surface area contributed by atoms with Crippen molar-refractivity contribution in [1.82, 2.24) is 4.98 Å². The van der Waals surface area contributed by atoms with Crippen molar-refractivity contribution in [2.24, 2.45) is 0 Å². The first kappa shape index (κ1) is 12.9. The van der Waals surface area contributed by atoms with Crippen molar-refractivity contribution < 1.29 is 0 Å². The predicted octanol–water partition coefficient (Wildman–Crippen LogP) is 4.52. The van der Waals surface area contributed by atoms with Crippen molar-refractivity contribution in [3.05, 3.63) is 58.4 Å². The smallest absolute Gasteiger partial charge is 0.131 e. The maximum Gasteiger partial charge on any atom is 0.131 e. The monoisotopic (exact) mass is 260 g/mol. The summed E-state index contributed by atoms with van der Waals surface area (Å²) in [7, 11) is 0. The summed E-state index contributed by atoms with van der Waals surface area (Å²) in [5.41, 5.74) is 4.89. The Bertz CT molecular complexity index is 552. The van der Waals surface area contributed by atoms with E-state index in [9.17, 15) is 0 Å². The molecule has 0 bridgehead atoms. The summed E-state index contributed by atoms with van der Waals surface area (Å²) in [5, 5.41) is 3.93. The molecule has 1 unspecified atom stereocenters. The van der Waals surface area contributed by atoms with Crippen LogP contribution in [0.3, 0.4) is 0 Å². The van der Waals surface area contributed by atoms with E-state index in [-0.39, 0.29) is 6.04 Å². The van der Waals surface area contributed by atoms with Gasteiger partial charge in [-0.2, -0.15) is 0 Å². The van der Waals surface area contributed by atoms with Crippen molar-refractivity contribution in [3.8, 4) is 0 Å². The molecular formula is C15H17ClN2. The second kappa shape index (κ2) is 5.40. The third-order valence-electron chi connectivity index (χ3n) is 3.14. The molecule has 94 valence electrons. The molecule has 2 nitrogen and oxygen atoms in total. The van der Waals surface area contributed by atoms with Crippen molar-refractivity contribution in [2.75, 3.05) is 5.32 Å². The third kappa shape index (κ3) is 3.02. The fourth-order valence-electron chi connectivity index (χ4n) is 1.86. The standard InChI is InChI=1S/C15H17ClN2/c1-10-4-5-13(8-11(10)2)12(3)18-14-6-7-17-15(16)9-14/h4-9,12H,1-3H3,(H,17,18). The summed E-state index contributed by atoms with van der Waals surface area (Å²) in [6.07, 6.45) is 1.71. The van der Waals surface area contributed by atoms with Crippen LogP contribution in [0.5, 0.6) is 0 Å². The lowest BCUT2D eigenvalue weighted by atomic mass is 10.0. The number of rotatable bonds is 3. The van der Waals surface area contributed by atoms with E-state index in [0.717, 1.165) is 5.69 Å². The second-order valence-electron chi connectivity index (χ2n) is 4.58. The van der Waals surface area contributed by atoms with E-state index in [2.05, 4.69) is 49.3 Å². The Balaban J connectivity index is 2.16. The zero-order valence-electron chi connectivity index (χ0n) is 10.9. The Morgan fingerprint density at radius 3 is 2.56 bits per heavy atom. The first-order valence-corrected chi connectivity index (χ1v) is 6.39. The number of nitrogens with zero attached hydrogens (tertiary/aromatic N) is 1. The normalized spacial score (nSPS) is 12.2. The summed E-state index contributed by atoms with van der Waals surface area (Å²) < 4.78 is 0. The van der Waals surface area contributed by atoms with Gasteiger partial charge >= 0.3 is 0 Å². The van der Waals surface area contributed by atoms with Crippen molar-refractivity contribution in [3.63, 3.8) is 0 Å². The van der Waals surface area contributed by atoms with E-state index in [4.69, 9.17) is 11.6 Å². The lowest BCUT2D eigenvalue weighted by Gasteiger charge is -2.17. The fourth-order valence-corrected chi connectivity index (χ4v) is 2.03. The van der Waals surface area contributed by atoms with Crippen LogP contribution in [0.1, 0.15) is 29.7 Å². The van der Waals surface area contributed by atoms with E-state index >= 15 is 0 Å². The molecular weight excluding hydrogens is 244 g/mol. The molecule has 0 aliphatic carbocycles. The molecule has 2 rings (SSSR count). The SMILES string of the molecule is Cc1ccc(C(C)Nc2ccnc(Cl)c2)cc1C. The first-order chi connectivity index (χ1) is 8.56. The van der Waals surface area contributed by atoms with E-state index in [1.165, 1.54) is 16.7 Å². The lowest BCUT2D eigenvalue weighted by Crippen LogP contribution is -2.07. The molecule has 0 radical (unpaired) electrons. The van der Waals surface area contributed by atoms with Gasteiger partial charge in [0.15, 0.2) is 0 Å². The van der Waals surface area contributed by atoms with Crippen molar-refractivity contribution in [1.29, 1.82) is 0 Å². The fraction of sp³-hybridized carbons (Fsp3) is 0.267. The van der Waals surface area contributed by atoms with Crippen LogP contribution in [-0.4, -0.2) is 4.98 Å². The van der Waals surface area contributed by atoms with Crippen LogP contribution in [0, 0.1) is 13.8 Å². The van der Waals surface area contributed by atoms with Crippen LogP contribution in [0.4, 0.5) is 5.69 Å². The number of pyridine rings is 1. The van der Waals surface area contributed by atoms with Crippen LogP contribution in [-0.2, 0) is 0 Å². The Morgan fingerprint density at radius 2 is 1.89 bits per heavy atom. The van der Waals surface area contributed by atoms with E-state index in [1.807, 2.05) is 12.1 Å². The molecule has 0 aliphatic rings. The topological polar surface area (TPSA) is 24.9 Å². The molecule has 0 aliphatic heterocycles. The van der Waals surface area contributed by atoms with Crippen LogP contribution >= 0.6 is 11.6 Å². The molecule has 0 saturated carbocycles. The zero-order valence-corrected chi connectivity index (χ0v) is 11.6. The Hall–Kier alpha value is -1.54. The Kier molecular flexibility index (Phi) is 3.87. The minimum Gasteiger partial charge on any atom is -0.378 e. The number of aromatic nitrogens is 1. The van der Waals surface area contributed by atoms with Gasteiger partial charge in [-0.25, -0.2) is 4.98 Å². The molecule has 18 heavy (non-hydrogen) atoms. The molecule has 2 aromatic rings. The van der Waals surface area contributed by atoms with Crippen molar-refractivity contribution in [2.45, 2.75) is 26.8 Å². The Labute approximate surface area is 113 Å². The second-order valence-corrected chi connectivity index (χ2v) is 4.96. The molecule has 1 aromatic carbocycles. The highest BCUT2D eigenvalue weighted by Crippen LogP contribution is 2.22. The number of halogens is 1. The highest BCUT2D eigenvalue weighted by atomic mass is 35.5.